The van der Waals surface area contributed by atoms with E-state index in [0.717, 1.165) is 5.56 Å². The van der Waals surface area contributed by atoms with Gasteiger partial charge in [0.15, 0.2) is 0 Å². The summed E-state index contributed by atoms with van der Waals surface area (Å²) in [6.45, 7) is 3.46. The third-order valence-electron chi connectivity index (χ3n) is 5.49. The molecule has 1 heterocycles. The lowest BCUT2D eigenvalue weighted by molar-refractivity contribution is -0.136. The minimum atomic E-state index is -3.54. The van der Waals surface area contributed by atoms with E-state index in [1.807, 2.05) is 6.92 Å². The Labute approximate surface area is 177 Å². The molecule has 0 bridgehead atoms. The van der Waals surface area contributed by atoms with E-state index in [0.29, 0.717) is 32.5 Å². The first kappa shape index (κ1) is 22.4. The minimum Gasteiger partial charge on any atom is -0.340 e. The van der Waals surface area contributed by atoms with Crippen molar-refractivity contribution in [2.75, 3.05) is 20.1 Å². The van der Waals surface area contributed by atoms with Crippen molar-refractivity contribution in [1.29, 1.82) is 0 Å². The molecule has 1 fully saturated rings. The number of benzene rings is 2. The molecule has 1 aliphatic heterocycles. The van der Waals surface area contributed by atoms with Gasteiger partial charge in [-0.05, 0) is 49.6 Å². The third-order valence-corrected chi connectivity index (χ3v) is 7.03. The number of carbonyl (C=O) groups excluding carboxylic acids is 1. The number of piperidine rings is 1. The van der Waals surface area contributed by atoms with Crippen molar-refractivity contribution in [3.63, 3.8) is 0 Å². The summed E-state index contributed by atoms with van der Waals surface area (Å²) in [5.74, 6) is -0.357. The summed E-state index contributed by atoms with van der Waals surface area (Å²) in [5.41, 5.74) is 0.743. The van der Waals surface area contributed by atoms with E-state index >= 15 is 0 Å². The van der Waals surface area contributed by atoms with E-state index in [4.69, 9.17) is 0 Å². The number of likely N-dealkylation sites (tertiary alicyclic amines) is 1. The van der Waals surface area contributed by atoms with Crippen LogP contribution in [0.3, 0.4) is 0 Å². The second-order valence-electron chi connectivity index (χ2n) is 7.74. The van der Waals surface area contributed by atoms with Crippen LogP contribution in [0.4, 0.5) is 4.39 Å². The van der Waals surface area contributed by atoms with Crippen LogP contribution in [0.5, 0.6) is 0 Å². The van der Waals surface area contributed by atoms with Gasteiger partial charge in [-0.3, -0.25) is 9.69 Å². The van der Waals surface area contributed by atoms with Crippen molar-refractivity contribution in [3.05, 3.63) is 66.0 Å². The monoisotopic (exact) mass is 433 g/mol. The number of rotatable bonds is 7. The highest BCUT2D eigenvalue weighted by Crippen LogP contribution is 2.18. The summed E-state index contributed by atoms with van der Waals surface area (Å²) in [7, 11) is -1.83. The molecular formula is C22H28FN3O3S. The zero-order valence-electron chi connectivity index (χ0n) is 17.3. The Kier molecular flexibility index (Phi) is 7.23. The predicted octanol–water partition coefficient (Wildman–Crippen LogP) is 2.62. The smallest absolute Gasteiger partial charge is 0.240 e. The van der Waals surface area contributed by atoms with Gasteiger partial charge in [0.1, 0.15) is 5.82 Å². The van der Waals surface area contributed by atoms with Crippen molar-refractivity contribution >= 4 is 15.9 Å². The first-order valence-electron chi connectivity index (χ1n) is 10.1. The zero-order chi connectivity index (χ0) is 21.7. The molecule has 1 N–H and O–H groups in total. The zero-order valence-corrected chi connectivity index (χ0v) is 18.1. The van der Waals surface area contributed by atoms with Crippen molar-refractivity contribution < 1.29 is 17.6 Å². The molecule has 6 nitrogen and oxygen atoms in total. The molecule has 0 spiro atoms. The van der Waals surface area contributed by atoms with E-state index in [2.05, 4.69) is 9.62 Å². The Morgan fingerprint density at radius 2 is 1.83 bits per heavy atom. The highest BCUT2D eigenvalue weighted by atomic mass is 32.2. The lowest BCUT2D eigenvalue weighted by Crippen LogP contribution is -2.51. The Morgan fingerprint density at radius 1 is 1.17 bits per heavy atom. The number of halogens is 1. The minimum absolute atomic E-state index is 0.0393. The van der Waals surface area contributed by atoms with Crippen LogP contribution in [0.15, 0.2) is 59.5 Å². The number of nitrogens with zero attached hydrogens (tertiary/aromatic N) is 2. The molecule has 2 aromatic rings. The number of nitrogens with one attached hydrogen (secondary N) is 1. The summed E-state index contributed by atoms with van der Waals surface area (Å²) >= 11 is 0. The van der Waals surface area contributed by atoms with Crippen LogP contribution in [0.2, 0.25) is 0 Å². The van der Waals surface area contributed by atoms with Gasteiger partial charge in [0, 0.05) is 32.7 Å². The van der Waals surface area contributed by atoms with Gasteiger partial charge in [0.25, 0.3) is 0 Å². The molecule has 0 aromatic heterocycles. The molecular weight excluding hydrogens is 405 g/mol. The molecule has 0 unspecified atom stereocenters. The van der Waals surface area contributed by atoms with E-state index in [1.54, 1.807) is 54.4 Å². The van der Waals surface area contributed by atoms with Gasteiger partial charge in [-0.25, -0.2) is 17.5 Å². The molecule has 162 valence electrons. The molecule has 1 atom stereocenters. The number of hydrogen-bond donors (Lipinski definition) is 1. The topological polar surface area (TPSA) is 69.7 Å². The summed E-state index contributed by atoms with van der Waals surface area (Å²) in [6, 6.07) is 14.1. The average Bonchev–Trinajstić information content (AvgIpc) is 2.73. The first-order valence-corrected chi connectivity index (χ1v) is 11.6. The lowest BCUT2D eigenvalue weighted by Gasteiger charge is -2.36. The fraction of sp³-hybridized carbons (Fsp3) is 0.409. The second-order valence-corrected chi connectivity index (χ2v) is 9.46. The van der Waals surface area contributed by atoms with Crippen molar-refractivity contribution in [1.82, 2.24) is 14.5 Å². The molecule has 1 saturated heterocycles. The van der Waals surface area contributed by atoms with Gasteiger partial charge in [-0.2, -0.15) is 0 Å². The number of likely N-dealkylation sites (N-methyl/N-ethyl adjacent to an activating group) is 1. The molecule has 30 heavy (non-hydrogen) atoms. The SMILES string of the molecule is C[C@@H](C(=O)N(C)Cc1cccc(F)c1)N1CCC(NS(=O)(=O)c2ccccc2)CC1. The highest BCUT2D eigenvalue weighted by Gasteiger charge is 2.30. The van der Waals surface area contributed by atoms with E-state index in [9.17, 15) is 17.6 Å². The Hall–Kier alpha value is -2.29. The molecule has 0 saturated carbocycles. The largest absolute Gasteiger partial charge is 0.340 e. The molecule has 8 heteroatoms. The van der Waals surface area contributed by atoms with Crippen LogP contribution in [-0.4, -0.2) is 56.3 Å². The molecule has 3 rings (SSSR count). The first-order chi connectivity index (χ1) is 14.3. The van der Waals surface area contributed by atoms with Gasteiger partial charge in [-0.15, -0.1) is 0 Å². The Bertz CT molecular complexity index is 961. The maximum Gasteiger partial charge on any atom is 0.240 e. The van der Waals surface area contributed by atoms with Crippen LogP contribution in [0, 0.1) is 5.82 Å². The number of hydrogen-bond acceptors (Lipinski definition) is 4. The number of amides is 1. The summed E-state index contributed by atoms with van der Waals surface area (Å²) < 4.78 is 41.1. The normalized spacial score (nSPS) is 16.9. The van der Waals surface area contributed by atoms with E-state index < -0.39 is 10.0 Å². The standard InChI is InChI=1S/C22H28FN3O3S/c1-17(22(27)25(2)16-18-7-6-8-19(23)15-18)26-13-11-20(12-14-26)24-30(28,29)21-9-4-3-5-10-21/h3-10,15,17,20,24H,11-14,16H2,1-2H3/t17-/m0/s1. The molecule has 0 radical (unpaired) electrons. The fourth-order valence-corrected chi connectivity index (χ4v) is 5.08. The Balaban J connectivity index is 1.52. The van der Waals surface area contributed by atoms with Crippen molar-refractivity contribution in [2.24, 2.45) is 0 Å². The van der Waals surface area contributed by atoms with E-state index in [1.165, 1.54) is 12.1 Å². The van der Waals surface area contributed by atoms with Gasteiger partial charge < -0.3 is 4.90 Å². The van der Waals surface area contributed by atoms with Crippen LogP contribution < -0.4 is 4.72 Å². The quantitative estimate of drug-likeness (QED) is 0.729. The molecule has 1 aliphatic rings. The molecule has 0 aliphatic carbocycles. The van der Waals surface area contributed by atoms with Crippen LogP contribution >= 0.6 is 0 Å². The molecule has 1 amide bonds. The van der Waals surface area contributed by atoms with Crippen LogP contribution in [-0.2, 0) is 21.4 Å². The van der Waals surface area contributed by atoms with Crippen LogP contribution in [0.1, 0.15) is 25.3 Å². The maximum absolute atomic E-state index is 13.4. The summed E-state index contributed by atoms with van der Waals surface area (Å²) in [6.07, 6.45) is 1.27. The average molecular weight is 434 g/mol. The van der Waals surface area contributed by atoms with Crippen LogP contribution in [0.25, 0.3) is 0 Å². The van der Waals surface area contributed by atoms with Crippen molar-refractivity contribution in [3.8, 4) is 0 Å². The number of sulfonamides is 1. The van der Waals surface area contributed by atoms with Gasteiger partial charge in [0.05, 0.1) is 10.9 Å². The third kappa shape index (κ3) is 5.65. The van der Waals surface area contributed by atoms with Crippen molar-refractivity contribution in [2.45, 2.75) is 43.3 Å². The summed E-state index contributed by atoms with van der Waals surface area (Å²) in [5, 5.41) is 0. The second kappa shape index (κ2) is 9.68. The Morgan fingerprint density at radius 3 is 2.47 bits per heavy atom. The van der Waals surface area contributed by atoms with Gasteiger partial charge in [0.2, 0.25) is 15.9 Å². The van der Waals surface area contributed by atoms with Gasteiger partial charge in [-0.1, -0.05) is 30.3 Å². The summed E-state index contributed by atoms with van der Waals surface area (Å²) in [4.78, 5) is 16.7. The van der Waals surface area contributed by atoms with Gasteiger partial charge >= 0.3 is 0 Å². The molecule has 2 aromatic carbocycles. The predicted molar refractivity (Wildman–Crippen MR) is 114 cm³/mol. The highest BCUT2D eigenvalue weighted by molar-refractivity contribution is 7.89. The number of carbonyl (C=O) groups is 1. The fourth-order valence-electron chi connectivity index (χ4n) is 3.75. The maximum atomic E-state index is 13.4. The van der Waals surface area contributed by atoms with E-state index in [-0.39, 0.29) is 28.7 Å². The lowest BCUT2D eigenvalue weighted by atomic mass is 10.0.